The fourth-order valence-corrected chi connectivity index (χ4v) is 4.40. The molecule has 0 fully saturated rings. The normalized spacial score (nSPS) is 24.3. The molecule has 0 saturated heterocycles. The summed E-state index contributed by atoms with van der Waals surface area (Å²) in [4.78, 5) is 51.1. The van der Waals surface area contributed by atoms with Crippen LogP contribution in [0.15, 0.2) is 34.6 Å². The summed E-state index contributed by atoms with van der Waals surface area (Å²) in [5.74, 6) is -1.70. The van der Waals surface area contributed by atoms with E-state index in [0.717, 1.165) is 5.56 Å². The number of nitrogens with one attached hydrogen (secondary N) is 1. The second-order valence-electron chi connectivity index (χ2n) is 7.79. The Hall–Kier alpha value is -3.52. The SMILES string of the molecule is CC[C@]1(O)C(=O)OCc2c1cc1n(c2=O)C/C(=C2\C(=O)Nc3ccc(C)cc32)C1=O. The van der Waals surface area contributed by atoms with Crippen LogP contribution in [0, 0.1) is 6.92 Å². The van der Waals surface area contributed by atoms with Gasteiger partial charge in [0.2, 0.25) is 5.78 Å². The van der Waals surface area contributed by atoms with Crippen LogP contribution in [0.4, 0.5) is 5.69 Å². The maximum atomic E-state index is 13.2. The van der Waals surface area contributed by atoms with E-state index >= 15 is 0 Å². The molecular weight excluding hydrogens is 388 g/mol. The van der Waals surface area contributed by atoms with Crippen LogP contribution < -0.4 is 10.9 Å². The number of fused-ring (bicyclic) bond motifs is 3. The van der Waals surface area contributed by atoms with E-state index in [9.17, 15) is 24.3 Å². The Labute approximate surface area is 170 Å². The van der Waals surface area contributed by atoms with E-state index in [4.69, 9.17) is 4.74 Å². The summed E-state index contributed by atoms with van der Waals surface area (Å²) in [5, 5.41) is 13.6. The zero-order valence-electron chi connectivity index (χ0n) is 16.4. The third kappa shape index (κ3) is 2.25. The maximum Gasteiger partial charge on any atom is 0.343 e. The van der Waals surface area contributed by atoms with E-state index in [0.29, 0.717) is 11.3 Å². The first-order chi connectivity index (χ1) is 14.3. The molecular formula is C22H18N2O6. The number of rotatable bonds is 1. The van der Waals surface area contributed by atoms with Crippen LogP contribution in [0.5, 0.6) is 0 Å². The van der Waals surface area contributed by atoms with Crippen molar-refractivity contribution in [3.63, 3.8) is 0 Å². The van der Waals surface area contributed by atoms with E-state index in [-0.39, 0.29) is 47.5 Å². The van der Waals surface area contributed by atoms with Gasteiger partial charge in [-0.15, -0.1) is 0 Å². The van der Waals surface area contributed by atoms with Crippen LogP contribution in [0.25, 0.3) is 5.57 Å². The lowest BCUT2D eigenvalue weighted by Gasteiger charge is -2.31. The molecule has 0 spiro atoms. The molecule has 0 unspecified atom stereocenters. The summed E-state index contributed by atoms with van der Waals surface area (Å²) in [6.45, 7) is 3.16. The Morgan fingerprint density at radius 3 is 2.70 bits per heavy atom. The van der Waals surface area contributed by atoms with Crippen molar-refractivity contribution in [2.24, 2.45) is 0 Å². The Kier molecular flexibility index (Phi) is 3.70. The zero-order valence-corrected chi connectivity index (χ0v) is 16.4. The monoisotopic (exact) mass is 406 g/mol. The number of esters is 1. The van der Waals surface area contributed by atoms with E-state index in [1.54, 1.807) is 13.0 Å². The first-order valence-corrected chi connectivity index (χ1v) is 9.63. The summed E-state index contributed by atoms with van der Waals surface area (Å²) >= 11 is 0. The van der Waals surface area contributed by atoms with Crippen molar-refractivity contribution >= 4 is 28.9 Å². The van der Waals surface area contributed by atoms with Gasteiger partial charge in [-0.05, 0) is 31.5 Å². The first-order valence-electron chi connectivity index (χ1n) is 9.63. The highest BCUT2D eigenvalue weighted by Crippen LogP contribution is 2.39. The second kappa shape index (κ2) is 5.99. The van der Waals surface area contributed by atoms with E-state index in [1.807, 2.05) is 19.1 Å². The lowest BCUT2D eigenvalue weighted by molar-refractivity contribution is -0.172. The molecule has 3 aliphatic rings. The van der Waals surface area contributed by atoms with Crippen LogP contribution in [-0.2, 0) is 33.1 Å². The molecule has 0 bridgehead atoms. The molecule has 5 rings (SSSR count). The smallest absolute Gasteiger partial charge is 0.343 e. The van der Waals surface area contributed by atoms with Crippen LogP contribution >= 0.6 is 0 Å². The van der Waals surface area contributed by atoms with Gasteiger partial charge in [-0.25, -0.2) is 4.79 Å². The average Bonchev–Trinajstić information content (AvgIpc) is 3.21. The van der Waals surface area contributed by atoms with E-state index in [2.05, 4.69) is 5.32 Å². The molecule has 8 heteroatoms. The molecule has 8 nitrogen and oxygen atoms in total. The van der Waals surface area contributed by atoms with E-state index < -0.39 is 28.8 Å². The number of benzene rings is 1. The minimum atomic E-state index is -1.98. The number of hydrogen-bond acceptors (Lipinski definition) is 6. The van der Waals surface area contributed by atoms with Crippen molar-refractivity contribution in [1.82, 2.24) is 4.57 Å². The van der Waals surface area contributed by atoms with Crippen LogP contribution in [0.3, 0.4) is 0 Å². The topological polar surface area (TPSA) is 115 Å². The number of anilines is 1. The Morgan fingerprint density at radius 1 is 1.20 bits per heavy atom. The number of aromatic nitrogens is 1. The maximum absolute atomic E-state index is 13.2. The average molecular weight is 406 g/mol. The Bertz CT molecular complexity index is 1290. The number of pyridine rings is 1. The molecule has 0 aliphatic carbocycles. The quantitative estimate of drug-likeness (QED) is 0.547. The largest absolute Gasteiger partial charge is 0.458 e. The van der Waals surface area contributed by atoms with Crippen LogP contribution in [0.1, 0.15) is 46.1 Å². The van der Waals surface area contributed by atoms with Crippen LogP contribution in [0.2, 0.25) is 0 Å². The number of carbonyl (C=O) groups is 3. The van der Waals surface area contributed by atoms with Gasteiger partial charge < -0.3 is 19.7 Å². The number of carbonyl (C=O) groups excluding carboxylic acids is 3. The fourth-order valence-electron chi connectivity index (χ4n) is 4.40. The lowest BCUT2D eigenvalue weighted by Crippen LogP contribution is -2.44. The third-order valence-electron chi connectivity index (χ3n) is 6.09. The number of hydrogen-bond donors (Lipinski definition) is 2. The van der Waals surface area contributed by atoms with Gasteiger partial charge >= 0.3 is 5.97 Å². The van der Waals surface area contributed by atoms with Gasteiger partial charge in [0.05, 0.1) is 23.4 Å². The number of cyclic esters (lactones) is 1. The molecule has 1 amide bonds. The number of amides is 1. The van der Waals surface area contributed by atoms with Crippen LogP contribution in [-0.4, -0.2) is 27.3 Å². The summed E-state index contributed by atoms with van der Waals surface area (Å²) in [7, 11) is 0. The van der Waals surface area contributed by atoms with Crippen molar-refractivity contribution < 1.29 is 24.2 Å². The number of aliphatic hydroxyl groups is 1. The molecule has 30 heavy (non-hydrogen) atoms. The lowest BCUT2D eigenvalue weighted by atomic mass is 9.86. The molecule has 0 radical (unpaired) electrons. The molecule has 2 aromatic rings. The van der Waals surface area contributed by atoms with Gasteiger partial charge in [0, 0.05) is 22.4 Å². The number of aryl methyl sites for hydroxylation is 1. The molecule has 1 aromatic carbocycles. The predicted octanol–water partition coefficient (Wildman–Crippen LogP) is 1.41. The fraction of sp³-hybridized carbons (Fsp3) is 0.273. The summed E-state index contributed by atoms with van der Waals surface area (Å²) in [6, 6.07) is 6.85. The summed E-state index contributed by atoms with van der Waals surface area (Å²) in [6.07, 6.45) is -0.00107. The number of nitrogens with zero attached hydrogens (tertiary/aromatic N) is 1. The van der Waals surface area contributed by atoms with Gasteiger partial charge in [-0.1, -0.05) is 18.6 Å². The molecule has 4 heterocycles. The zero-order chi connectivity index (χ0) is 21.4. The highest BCUT2D eigenvalue weighted by molar-refractivity contribution is 6.37. The standard InChI is InChI=1S/C22H18N2O6/c1-3-22(29)14-7-16-18(25)12(8-24(16)20(27)13(14)9-30-21(22)28)17-11-6-10(2)4-5-15(11)23-19(17)26/h4-7,29H,3,8-9H2,1-2H3,(H,23,26)/b17-12+/t22-/m1/s1. The van der Waals surface area contributed by atoms with Gasteiger partial charge in [-0.2, -0.15) is 0 Å². The van der Waals surface area contributed by atoms with Crippen molar-refractivity contribution in [2.45, 2.75) is 39.0 Å². The molecule has 2 N–H and O–H groups in total. The van der Waals surface area contributed by atoms with Crippen molar-refractivity contribution in [1.29, 1.82) is 0 Å². The van der Waals surface area contributed by atoms with Gasteiger partial charge in [0.25, 0.3) is 11.5 Å². The Morgan fingerprint density at radius 2 is 1.97 bits per heavy atom. The van der Waals surface area contributed by atoms with Gasteiger partial charge in [0.1, 0.15) is 6.61 Å². The first kappa shape index (κ1) is 18.5. The molecule has 152 valence electrons. The minimum Gasteiger partial charge on any atom is -0.458 e. The predicted molar refractivity (Wildman–Crippen MR) is 106 cm³/mol. The van der Waals surface area contributed by atoms with Gasteiger partial charge in [0.15, 0.2) is 5.60 Å². The highest BCUT2D eigenvalue weighted by Gasteiger charge is 2.46. The van der Waals surface area contributed by atoms with Crippen molar-refractivity contribution in [2.75, 3.05) is 5.32 Å². The highest BCUT2D eigenvalue weighted by atomic mass is 16.6. The summed E-state index contributed by atoms with van der Waals surface area (Å²) < 4.78 is 6.30. The number of allylic oxidation sites excluding steroid dienone is 1. The number of ether oxygens (including phenoxy) is 1. The van der Waals surface area contributed by atoms with Crippen molar-refractivity contribution in [3.05, 3.63) is 68.1 Å². The molecule has 0 saturated carbocycles. The molecule has 3 aliphatic heterocycles. The summed E-state index contributed by atoms with van der Waals surface area (Å²) in [5.41, 5.74) is 0.445. The number of Topliss-reactive ketones (excluding diaryl/α,β-unsaturated/α-hetero) is 1. The second-order valence-corrected chi connectivity index (χ2v) is 7.79. The number of ketones is 1. The molecule has 1 aromatic heterocycles. The van der Waals surface area contributed by atoms with Gasteiger partial charge in [-0.3, -0.25) is 14.4 Å². The Balaban J connectivity index is 1.73. The van der Waals surface area contributed by atoms with E-state index in [1.165, 1.54) is 10.6 Å². The minimum absolute atomic E-state index is 0.00107. The third-order valence-corrected chi connectivity index (χ3v) is 6.09. The molecule has 1 atom stereocenters. The van der Waals surface area contributed by atoms with Crippen molar-refractivity contribution in [3.8, 4) is 0 Å².